The van der Waals surface area contributed by atoms with Crippen LogP contribution in [0.1, 0.15) is 66.7 Å². The summed E-state index contributed by atoms with van der Waals surface area (Å²) in [6.45, 7) is 15.0. The number of fused-ring (bicyclic) bond motifs is 2. The Bertz CT molecular complexity index is 313. The minimum atomic E-state index is 0.412. The van der Waals surface area contributed by atoms with Crippen molar-refractivity contribution in [2.75, 3.05) is 19.7 Å². The molecule has 0 aliphatic heterocycles. The Morgan fingerprint density at radius 3 is 2.50 bits per heavy atom. The summed E-state index contributed by atoms with van der Waals surface area (Å²) in [5.74, 6) is 1.71. The molecule has 3 atom stereocenters. The lowest BCUT2D eigenvalue weighted by Gasteiger charge is -2.38. The van der Waals surface area contributed by atoms with E-state index < -0.39 is 0 Å². The van der Waals surface area contributed by atoms with Crippen molar-refractivity contribution in [2.24, 2.45) is 22.7 Å². The summed E-state index contributed by atoms with van der Waals surface area (Å²) in [4.78, 5) is 0. The first-order chi connectivity index (χ1) is 9.38. The SMILES string of the molecule is CC(C)CCCNCCOC1CC2CCC1(C)C2(C)C. The van der Waals surface area contributed by atoms with Gasteiger partial charge in [-0.1, -0.05) is 34.6 Å². The molecule has 0 aromatic carbocycles. The molecule has 0 aromatic heterocycles. The number of rotatable bonds is 8. The van der Waals surface area contributed by atoms with E-state index >= 15 is 0 Å². The van der Waals surface area contributed by atoms with E-state index in [-0.39, 0.29) is 0 Å². The van der Waals surface area contributed by atoms with Crippen molar-refractivity contribution in [2.45, 2.75) is 72.8 Å². The number of hydrogen-bond donors (Lipinski definition) is 1. The fourth-order valence-electron chi connectivity index (χ4n) is 4.42. The Labute approximate surface area is 126 Å². The lowest BCUT2D eigenvalue weighted by molar-refractivity contribution is -0.0449. The Morgan fingerprint density at radius 1 is 1.20 bits per heavy atom. The molecule has 2 saturated carbocycles. The predicted octanol–water partition coefficient (Wildman–Crippen LogP) is 4.24. The van der Waals surface area contributed by atoms with Crippen molar-refractivity contribution in [1.82, 2.24) is 5.32 Å². The molecule has 2 aliphatic carbocycles. The van der Waals surface area contributed by atoms with Crippen LogP contribution in [0.3, 0.4) is 0 Å². The van der Waals surface area contributed by atoms with Crippen molar-refractivity contribution in [3.63, 3.8) is 0 Å². The highest BCUT2D eigenvalue weighted by Gasteiger charge is 2.61. The molecule has 1 N–H and O–H groups in total. The number of ether oxygens (including phenoxy) is 1. The van der Waals surface area contributed by atoms with Crippen molar-refractivity contribution >= 4 is 0 Å². The van der Waals surface area contributed by atoms with Gasteiger partial charge in [0, 0.05) is 6.54 Å². The van der Waals surface area contributed by atoms with Gasteiger partial charge in [-0.25, -0.2) is 0 Å². The first-order valence-corrected chi connectivity index (χ1v) is 8.70. The van der Waals surface area contributed by atoms with Gasteiger partial charge in [0.05, 0.1) is 12.7 Å². The third kappa shape index (κ3) is 3.06. The van der Waals surface area contributed by atoms with E-state index in [1.54, 1.807) is 0 Å². The van der Waals surface area contributed by atoms with Crippen LogP contribution in [0.4, 0.5) is 0 Å². The van der Waals surface area contributed by atoms with Crippen LogP contribution in [-0.4, -0.2) is 25.8 Å². The van der Waals surface area contributed by atoms with Crippen LogP contribution >= 0.6 is 0 Å². The summed E-state index contributed by atoms with van der Waals surface area (Å²) in [6.07, 6.45) is 7.16. The van der Waals surface area contributed by atoms with Crippen LogP contribution in [0.25, 0.3) is 0 Å². The molecule has 0 aromatic rings. The second kappa shape index (κ2) is 6.36. The molecule has 0 heterocycles. The quantitative estimate of drug-likeness (QED) is 0.672. The first kappa shape index (κ1) is 16.3. The van der Waals surface area contributed by atoms with E-state index in [4.69, 9.17) is 4.74 Å². The molecule has 2 rings (SSSR count). The van der Waals surface area contributed by atoms with Crippen LogP contribution in [0, 0.1) is 22.7 Å². The first-order valence-electron chi connectivity index (χ1n) is 8.70. The second-order valence-electron chi connectivity index (χ2n) is 8.26. The van der Waals surface area contributed by atoms with Crippen LogP contribution < -0.4 is 5.32 Å². The van der Waals surface area contributed by atoms with E-state index in [0.717, 1.165) is 31.5 Å². The standard InChI is InChI=1S/C18H35NO/c1-14(2)7-6-10-19-11-12-20-16-13-15-8-9-18(16,5)17(15,3)4/h14-16,19H,6-13H2,1-5H3. The van der Waals surface area contributed by atoms with Crippen molar-refractivity contribution in [3.05, 3.63) is 0 Å². The highest BCUT2D eigenvalue weighted by Crippen LogP contribution is 2.66. The molecule has 2 heteroatoms. The monoisotopic (exact) mass is 281 g/mol. The molecule has 2 nitrogen and oxygen atoms in total. The van der Waals surface area contributed by atoms with Crippen molar-refractivity contribution < 1.29 is 4.74 Å². The summed E-state index contributed by atoms with van der Waals surface area (Å²) in [7, 11) is 0. The van der Waals surface area contributed by atoms with Crippen molar-refractivity contribution in [1.29, 1.82) is 0 Å². The smallest absolute Gasteiger partial charge is 0.0637 e. The molecule has 20 heavy (non-hydrogen) atoms. The topological polar surface area (TPSA) is 21.3 Å². The van der Waals surface area contributed by atoms with Crippen LogP contribution in [-0.2, 0) is 4.74 Å². The molecular formula is C18H35NO. The van der Waals surface area contributed by atoms with Gasteiger partial charge >= 0.3 is 0 Å². The highest BCUT2D eigenvalue weighted by molar-refractivity contribution is 5.11. The molecule has 0 radical (unpaired) electrons. The molecule has 2 aliphatic rings. The summed E-state index contributed by atoms with van der Waals surface area (Å²) >= 11 is 0. The van der Waals surface area contributed by atoms with E-state index in [1.165, 1.54) is 32.1 Å². The largest absolute Gasteiger partial charge is 0.376 e. The second-order valence-corrected chi connectivity index (χ2v) is 8.26. The van der Waals surface area contributed by atoms with Gasteiger partial charge in [0.1, 0.15) is 0 Å². The van der Waals surface area contributed by atoms with Gasteiger partial charge < -0.3 is 10.1 Å². The number of nitrogens with one attached hydrogen (secondary N) is 1. The zero-order chi connectivity index (χ0) is 14.8. The molecule has 2 bridgehead atoms. The van der Waals surface area contributed by atoms with Crippen LogP contribution in [0.2, 0.25) is 0 Å². The highest BCUT2D eigenvalue weighted by atomic mass is 16.5. The summed E-state index contributed by atoms with van der Waals surface area (Å²) in [5.41, 5.74) is 0.887. The van der Waals surface area contributed by atoms with Crippen molar-refractivity contribution in [3.8, 4) is 0 Å². The minimum absolute atomic E-state index is 0.412. The Hall–Kier alpha value is -0.0800. The lowest BCUT2D eigenvalue weighted by Crippen LogP contribution is -2.38. The van der Waals surface area contributed by atoms with Gasteiger partial charge in [0.25, 0.3) is 0 Å². The average Bonchev–Trinajstić information content (AvgIpc) is 2.70. The summed E-state index contributed by atoms with van der Waals surface area (Å²) < 4.78 is 6.24. The number of hydrogen-bond acceptors (Lipinski definition) is 2. The van der Waals surface area contributed by atoms with Gasteiger partial charge in [-0.05, 0) is 61.3 Å². The summed E-state index contributed by atoms with van der Waals surface area (Å²) in [6, 6.07) is 0. The van der Waals surface area contributed by atoms with Gasteiger partial charge in [-0.3, -0.25) is 0 Å². The van der Waals surface area contributed by atoms with E-state index in [9.17, 15) is 0 Å². The molecule has 0 saturated heterocycles. The van der Waals surface area contributed by atoms with Gasteiger partial charge in [-0.2, -0.15) is 0 Å². The zero-order valence-electron chi connectivity index (χ0n) is 14.3. The third-order valence-corrected chi connectivity index (χ3v) is 6.45. The Kier molecular flexibility index (Phi) is 5.18. The maximum Gasteiger partial charge on any atom is 0.0637 e. The maximum absolute atomic E-state index is 6.24. The van der Waals surface area contributed by atoms with E-state index in [1.807, 2.05) is 0 Å². The lowest BCUT2D eigenvalue weighted by atomic mass is 9.70. The van der Waals surface area contributed by atoms with Gasteiger partial charge in [-0.15, -0.1) is 0 Å². The Morgan fingerprint density at radius 2 is 1.95 bits per heavy atom. The fourth-order valence-corrected chi connectivity index (χ4v) is 4.42. The minimum Gasteiger partial charge on any atom is -0.376 e. The molecule has 3 unspecified atom stereocenters. The Balaban J connectivity index is 1.62. The molecule has 0 amide bonds. The predicted molar refractivity (Wildman–Crippen MR) is 85.9 cm³/mol. The van der Waals surface area contributed by atoms with E-state index in [2.05, 4.69) is 39.9 Å². The fraction of sp³-hybridized carbons (Fsp3) is 1.00. The molecule has 0 spiro atoms. The third-order valence-electron chi connectivity index (χ3n) is 6.45. The van der Waals surface area contributed by atoms with Gasteiger partial charge in [0.2, 0.25) is 0 Å². The van der Waals surface area contributed by atoms with E-state index in [0.29, 0.717) is 16.9 Å². The average molecular weight is 281 g/mol. The zero-order valence-corrected chi connectivity index (χ0v) is 14.3. The maximum atomic E-state index is 6.24. The van der Waals surface area contributed by atoms with Crippen LogP contribution in [0.5, 0.6) is 0 Å². The molecular weight excluding hydrogens is 246 g/mol. The normalized spacial score (nSPS) is 35.1. The van der Waals surface area contributed by atoms with Gasteiger partial charge in [0.15, 0.2) is 0 Å². The molecule has 118 valence electrons. The van der Waals surface area contributed by atoms with Crippen LogP contribution in [0.15, 0.2) is 0 Å². The summed E-state index contributed by atoms with van der Waals surface area (Å²) in [5, 5.41) is 3.52. The molecule has 2 fully saturated rings.